The summed E-state index contributed by atoms with van der Waals surface area (Å²) in [5.74, 6) is 0. The Hall–Kier alpha value is -0.0800. The maximum atomic E-state index is 3.75. The van der Waals surface area contributed by atoms with E-state index in [0.29, 0.717) is 0 Å². The molecule has 2 nitrogen and oxygen atoms in total. The quantitative estimate of drug-likeness (QED) is 0.743. The van der Waals surface area contributed by atoms with Crippen LogP contribution in [0.5, 0.6) is 0 Å². The second kappa shape index (κ2) is 9.80. The molecule has 2 heteroatoms. The largest absolute Gasteiger partial charge is 0.313 e. The predicted molar refractivity (Wildman–Crippen MR) is 81.1 cm³/mol. The van der Waals surface area contributed by atoms with E-state index >= 15 is 0 Å². The zero-order valence-corrected chi connectivity index (χ0v) is 12.9. The van der Waals surface area contributed by atoms with Gasteiger partial charge in [0.2, 0.25) is 0 Å². The normalized spacial score (nSPS) is 26.0. The van der Waals surface area contributed by atoms with Gasteiger partial charge in [0, 0.05) is 12.1 Å². The van der Waals surface area contributed by atoms with E-state index in [0.717, 1.165) is 18.6 Å². The first-order valence-corrected chi connectivity index (χ1v) is 8.30. The highest BCUT2D eigenvalue weighted by Gasteiger charge is 2.26. The first-order valence-electron chi connectivity index (χ1n) is 8.30. The van der Waals surface area contributed by atoms with Gasteiger partial charge in [-0.25, -0.2) is 0 Å². The van der Waals surface area contributed by atoms with Crippen molar-refractivity contribution in [1.82, 2.24) is 10.2 Å². The van der Waals surface area contributed by atoms with Crippen molar-refractivity contribution in [3.63, 3.8) is 0 Å². The van der Waals surface area contributed by atoms with E-state index in [1.54, 1.807) is 0 Å². The lowest BCUT2D eigenvalue weighted by molar-refractivity contribution is 0.138. The van der Waals surface area contributed by atoms with Crippen molar-refractivity contribution in [1.29, 1.82) is 0 Å². The molecule has 0 radical (unpaired) electrons. The van der Waals surface area contributed by atoms with Gasteiger partial charge in [0.05, 0.1) is 0 Å². The maximum Gasteiger partial charge on any atom is 0.0249 e. The van der Waals surface area contributed by atoms with Crippen molar-refractivity contribution in [3.05, 3.63) is 0 Å². The number of unbranched alkanes of at least 4 members (excludes halogenated alkanes) is 1. The van der Waals surface area contributed by atoms with Gasteiger partial charge in [-0.05, 0) is 38.9 Å². The number of nitrogens with one attached hydrogen (secondary N) is 1. The average molecular weight is 254 g/mol. The van der Waals surface area contributed by atoms with Gasteiger partial charge in [-0.1, -0.05) is 52.9 Å². The van der Waals surface area contributed by atoms with Gasteiger partial charge in [0.25, 0.3) is 0 Å². The highest BCUT2D eigenvalue weighted by molar-refractivity contribution is 4.85. The fourth-order valence-corrected chi connectivity index (χ4v) is 3.32. The van der Waals surface area contributed by atoms with Crippen LogP contribution in [0.25, 0.3) is 0 Å². The number of hydrogen-bond acceptors (Lipinski definition) is 2. The molecular formula is C16H34N2. The highest BCUT2D eigenvalue weighted by Crippen LogP contribution is 2.22. The van der Waals surface area contributed by atoms with E-state index in [1.165, 1.54) is 64.5 Å². The van der Waals surface area contributed by atoms with Crippen LogP contribution in [-0.2, 0) is 0 Å². The summed E-state index contributed by atoms with van der Waals surface area (Å²) >= 11 is 0. The Labute approximate surface area is 115 Å². The third kappa shape index (κ3) is 5.27. The predicted octanol–water partition coefficient (Wildman–Crippen LogP) is 3.81. The van der Waals surface area contributed by atoms with Gasteiger partial charge >= 0.3 is 0 Å². The molecule has 1 saturated carbocycles. The van der Waals surface area contributed by atoms with E-state index in [1.807, 2.05) is 0 Å². The van der Waals surface area contributed by atoms with Gasteiger partial charge in [0.15, 0.2) is 0 Å². The molecule has 0 bridgehead atoms. The summed E-state index contributed by atoms with van der Waals surface area (Å²) in [5, 5.41) is 3.75. The summed E-state index contributed by atoms with van der Waals surface area (Å²) in [4.78, 5) is 2.74. The van der Waals surface area contributed by atoms with Crippen LogP contribution >= 0.6 is 0 Å². The molecule has 0 heterocycles. The molecule has 0 aromatic rings. The molecule has 0 aliphatic heterocycles. The molecule has 108 valence electrons. The molecule has 18 heavy (non-hydrogen) atoms. The van der Waals surface area contributed by atoms with Crippen LogP contribution < -0.4 is 5.32 Å². The summed E-state index contributed by atoms with van der Waals surface area (Å²) in [5.41, 5.74) is 0. The molecular weight excluding hydrogens is 220 g/mol. The fourth-order valence-electron chi connectivity index (χ4n) is 3.32. The monoisotopic (exact) mass is 254 g/mol. The van der Waals surface area contributed by atoms with E-state index < -0.39 is 0 Å². The molecule has 2 atom stereocenters. The molecule has 0 aromatic heterocycles. The summed E-state index contributed by atoms with van der Waals surface area (Å²) in [6.45, 7) is 10.5. The molecule has 0 amide bonds. The zero-order chi connectivity index (χ0) is 13.2. The number of likely N-dealkylation sites (N-methyl/N-ethyl adjacent to an activating group) is 2. The van der Waals surface area contributed by atoms with Crippen LogP contribution in [0, 0.1) is 0 Å². The topological polar surface area (TPSA) is 15.3 Å². The highest BCUT2D eigenvalue weighted by atomic mass is 15.2. The Morgan fingerprint density at radius 1 is 1.00 bits per heavy atom. The second-order valence-electron chi connectivity index (χ2n) is 5.71. The van der Waals surface area contributed by atoms with E-state index in [4.69, 9.17) is 0 Å². The van der Waals surface area contributed by atoms with Crippen molar-refractivity contribution in [2.75, 3.05) is 19.6 Å². The van der Waals surface area contributed by atoms with E-state index in [9.17, 15) is 0 Å². The van der Waals surface area contributed by atoms with Crippen molar-refractivity contribution in [2.24, 2.45) is 0 Å². The third-order valence-electron chi connectivity index (χ3n) is 4.37. The van der Waals surface area contributed by atoms with Gasteiger partial charge in [-0.15, -0.1) is 0 Å². The third-order valence-corrected chi connectivity index (χ3v) is 4.37. The van der Waals surface area contributed by atoms with Gasteiger partial charge in [0.1, 0.15) is 0 Å². The minimum Gasteiger partial charge on any atom is -0.313 e. The molecule has 1 N–H and O–H groups in total. The van der Waals surface area contributed by atoms with Crippen LogP contribution in [0.1, 0.15) is 72.1 Å². The lowest BCUT2D eigenvalue weighted by Crippen LogP contribution is -2.50. The maximum absolute atomic E-state index is 3.75. The molecule has 0 spiro atoms. The van der Waals surface area contributed by atoms with Crippen LogP contribution in [0.3, 0.4) is 0 Å². The van der Waals surface area contributed by atoms with Crippen molar-refractivity contribution < 1.29 is 0 Å². The molecule has 2 unspecified atom stereocenters. The first-order chi connectivity index (χ1) is 8.83. The first kappa shape index (κ1) is 16.0. The lowest BCUT2D eigenvalue weighted by Gasteiger charge is -2.38. The van der Waals surface area contributed by atoms with Gasteiger partial charge in [-0.3, -0.25) is 4.90 Å². The SMILES string of the molecule is CCCCN(CC)C1CCCCCCC1NCC. The number of hydrogen-bond donors (Lipinski definition) is 1. The van der Waals surface area contributed by atoms with Crippen LogP contribution in [0.4, 0.5) is 0 Å². The number of rotatable bonds is 7. The Morgan fingerprint density at radius 3 is 2.33 bits per heavy atom. The van der Waals surface area contributed by atoms with Crippen molar-refractivity contribution >= 4 is 0 Å². The van der Waals surface area contributed by atoms with E-state index in [-0.39, 0.29) is 0 Å². The van der Waals surface area contributed by atoms with E-state index in [2.05, 4.69) is 31.0 Å². The van der Waals surface area contributed by atoms with Crippen LogP contribution in [0.2, 0.25) is 0 Å². The van der Waals surface area contributed by atoms with Crippen LogP contribution in [-0.4, -0.2) is 36.6 Å². The average Bonchev–Trinajstić information content (AvgIpc) is 2.36. The summed E-state index contributed by atoms with van der Waals surface area (Å²) < 4.78 is 0. The minimum absolute atomic E-state index is 0.729. The Balaban J connectivity index is 2.61. The standard InChI is InChI=1S/C16H34N2/c1-4-7-14-18(6-3)16-13-11-9-8-10-12-15(16)17-5-2/h15-17H,4-14H2,1-3H3. The summed E-state index contributed by atoms with van der Waals surface area (Å²) in [6.07, 6.45) is 11.2. The lowest BCUT2D eigenvalue weighted by atomic mass is 9.91. The molecule has 0 saturated heterocycles. The Morgan fingerprint density at radius 2 is 1.72 bits per heavy atom. The Bertz CT molecular complexity index is 194. The van der Waals surface area contributed by atoms with Gasteiger partial charge in [-0.2, -0.15) is 0 Å². The molecule has 0 aromatic carbocycles. The smallest absolute Gasteiger partial charge is 0.0249 e. The van der Waals surface area contributed by atoms with Gasteiger partial charge < -0.3 is 5.32 Å². The Kier molecular flexibility index (Phi) is 8.70. The molecule has 1 rings (SSSR count). The number of nitrogens with zero attached hydrogens (tertiary/aromatic N) is 1. The molecule has 1 aliphatic carbocycles. The fraction of sp³-hybridized carbons (Fsp3) is 1.00. The molecule has 1 fully saturated rings. The van der Waals surface area contributed by atoms with Crippen molar-refractivity contribution in [3.8, 4) is 0 Å². The molecule has 1 aliphatic rings. The van der Waals surface area contributed by atoms with Crippen LogP contribution in [0.15, 0.2) is 0 Å². The zero-order valence-electron chi connectivity index (χ0n) is 12.9. The summed E-state index contributed by atoms with van der Waals surface area (Å²) in [7, 11) is 0. The summed E-state index contributed by atoms with van der Waals surface area (Å²) in [6, 6.07) is 1.51. The minimum atomic E-state index is 0.729. The van der Waals surface area contributed by atoms with Crippen molar-refractivity contribution in [2.45, 2.75) is 84.2 Å². The second-order valence-corrected chi connectivity index (χ2v) is 5.71.